The zero-order valence-corrected chi connectivity index (χ0v) is 17.0. The molecule has 3 heterocycles. The number of nitrogens with zero attached hydrogens (tertiary/aromatic N) is 3. The maximum Gasteiger partial charge on any atom is 0.352 e. The zero-order chi connectivity index (χ0) is 21.7. The minimum Gasteiger partial charge on any atom is -0.443 e. The van der Waals surface area contributed by atoms with Crippen molar-refractivity contribution in [1.29, 1.82) is 0 Å². The van der Waals surface area contributed by atoms with Crippen LogP contribution in [-0.4, -0.2) is 13.9 Å². The Morgan fingerprint density at radius 3 is 1.44 bits per heavy atom. The second-order valence-corrected chi connectivity index (χ2v) is 7.75. The van der Waals surface area contributed by atoms with Gasteiger partial charge in [-0.15, -0.1) is 0 Å². The van der Waals surface area contributed by atoms with Gasteiger partial charge in [0.1, 0.15) is 13.1 Å². The van der Waals surface area contributed by atoms with Gasteiger partial charge in [0.15, 0.2) is 11.5 Å². The van der Waals surface area contributed by atoms with E-state index < -0.39 is 17.2 Å². The molecule has 0 fully saturated rings. The van der Waals surface area contributed by atoms with Crippen molar-refractivity contribution in [1.82, 2.24) is 13.9 Å². The molecule has 0 N–H and O–H groups in total. The highest BCUT2D eigenvalue weighted by atomic mass is 16.7. The molecule has 0 unspecified atom stereocenters. The molecular formula is C25H19N3O4. The summed E-state index contributed by atoms with van der Waals surface area (Å²) in [5, 5.41) is 0. The predicted molar refractivity (Wildman–Crippen MR) is 117 cm³/mol. The van der Waals surface area contributed by atoms with Crippen molar-refractivity contribution in [2.75, 3.05) is 0 Å². The summed E-state index contributed by atoms with van der Waals surface area (Å²) in [6, 6.07) is 28.2. The average molecular weight is 425 g/mol. The van der Waals surface area contributed by atoms with Gasteiger partial charge in [0.25, 0.3) is 0 Å². The summed E-state index contributed by atoms with van der Waals surface area (Å²) in [6.45, 7) is 0.231. The van der Waals surface area contributed by atoms with Gasteiger partial charge < -0.3 is 9.47 Å². The van der Waals surface area contributed by atoms with Gasteiger partial charge in [-0.25, -0.2) is 23.5 Å². The molecule has 7 heteroatoms. The minimum absolute atomic E-state index is 0.116. The molecule has 158 valence electrons. The zero-order valence-electron chi connectivity index (χ0n) is 17.0. The molecule has 0 bridgehead atoms. The third kappa shape index (κ3) is 2.61. The monoisotopic (exact) mass is 425 g/mol. The Kier molecular flexibility index (Phi) is 3.98. The van der Waals surface area contributed by atoms with E-state index in [0.29, 0.717) is 17.2 Å². The lowest BCUT2D eigenvalue weighted by atomic mass is 9.97. The van der Waals surface area contributed by atoms with E-state index in [1.54, 1.807) is 24.3 Å². The van der Waals surface area contributed by atoms with Gasteiger partial charge in [-0.3, -0.25) is 0 Å². The van der Waals surface area contributed by atoms with Crippen LogP contribution in [0.25, 0.3) is 5.69 Å². The Morgan fingerprint density at radius 1 is 0.594 bits per heavy atom. The molecule has 0 aliphatic carbocycles. The second kappa shape index (κ2) is 6.88. The van der Waals surface area contributed by atoms with Gasteiger partial charge in [-0.05, 0) is 12.1 Å². The van der Waals surface area contributed by atoms with E-state index in [4.69, 9.17) is 9.47 Å². The topological polar surface area (TPSA) is 67.4 Å². The number of benzene rings is 3. The van der Waals surface area contributed by atoms with Crippen LogP contribution in [0.15, 0.2) is 112 Å². The fourth-order valence-corrected chi connectivity index (χ4v) is 4.34. The van der Waals surface area contributed by atoms with Gasteiger partial charge in [0.05, 0.1) is 5.69 Å². The lowest BCUT2D eigenvalue weighted by molar-refractivity contribution is -0.128. The molecule has 3 aromatic carbocycles. The number of allylic oxidation sites excluding steroid dienone is 2. The van der Waals surface area contributed by atoms with Crippen LogP contribution >= 0.6 is 0 Å². The first-order valence-corrected chi connectivity index (χ1v) is 10.4. The van der Waals surface area contributed by atoms with E-state index >= 15 is 0 Å². The Balaban J connectivity index is 1.43. The van der Waals surface area contributed by atoms with Crippen molar-refractivity contribution in [2.45, 2.75) is 18.9 Å². The van der Waals surface area contributed by atoms with Crippen molar-refractivity contribution in [3.63, 3.8) is 0 Å². The van der Waals surface area contributed by atoms with E-state index in [2.05, 4.69) is 0 Å². The number of hydrogen-bond acceptors (Lipinski definition) is 4. The number of aromatic nitrogens is 3. The standard InChI is InChI=1S/C25H19N3O4/c29-23-26-16-21-22(17-27(26)24(30)28(23)20-14-8-3-9-15-20)32-25(31-21,18-10-4-1-5-11-18)19-12-6-2-7-13-19/h1-15H,16-17H2. The van der Waals surface area contributed by atoms with Gasteiger partial charge >= 0.3 is 17.2 Å². The Morgan fingerprint density at radius 2 is 1.00 bits per heavy atom. The smallest absolute Gasteiger partial charge is 0.352 e. The predicted octanol–water partition coefficient (Wildman–Crippen LogP) is 2.97. The van der Waals surface area contributed by atoms with Gasteiger partial charge in [0, 0.05) is 11.1 Å². The van der Waals surface area contributed by atoms with E-state index in [-0.39, 0.29) is 13.1 Å². The molecular weight excluding hydrogens is 406 g/mol. The van der Waals surface area contributed by atoms with Crippen molar-refractivity contribution in [2.24, 2.45) is 0 Å². The molecule has 1 aromatic heterocycles. The summed E-state index contributed by atoms with van der Waals surface area (Å²) in [5.41, 5.74) is 1.38. The molecule has 7 nitrogen and oxygen atoms in total. The molecule has 0 saturated carbocycles. The molecule has 0 amide bonds. The van der Waals surface area contributed by atoms with E-state index in [9.17, 15) is 9.59 Å². The van der Waals surface area contributed by atoms with Crippen LogP contribution in [0.3, 0.4) is 0 Å². The Labute approximate surface area is 183 Å². The van der Waals surface area contributed by atoms with Gasteiger partial charge in [-0.2, -0.15) is 0 Å². The number of fused-ring (bicyclic) bond motifs is 1. The molecule has 6 rings (SSSR count). The van der Waals surface area contributed by atoms with Crippen LogP contribution in [0.5, 0.6) is 0 Å². The summed E-state index contributed by atoms with van der Waals surface area (Å²) in [5.74, 6) is -0.0748. The minimum atomic E-state index is -1.17. The Bertz CT molecular complexity index is 1360. The summed E-state index contributed by atoms with van der Waals surface area (Å²) in [6.07, 6.45) is 0. The van der Waals surface area contributed by atoms with Crippen LogP contribution < -0.4 is 11.4 Å². The molecule has 0 atom stereocenters. The lowest BCUT2D eigenvalue weighted by Crippen LogP contribution is -2.32. The van der Waals surface area contributed by atoms with Crippen molar-refractivity contribution < 1.29 is 9.47 Å². The number of hydrogen-bond donors (Lipinski definition) is 0. The molecule has 0 radical (unpaired) electrons. The van der Waals surface area contributed by atoms with E-state index in [1.165, 1.54) is 13.9 Å². The third-order valence-corrected chi connectivity index (χ3v) is 5.87. The SMILES string of the molecule is O=c1n(-c2ccccc2)c(=O)n2n1CC1=C(C2)OC(c2ccccc2)(c2ccccc2)O1. The molecule has 0 saturated heterocycles. The number of rotatable bonds is 3. The lowest BCUT2D eigenvalue weighted by Gasteiger charge is -2.29. The van der Waals surface area contributed by atoms with E-state index in [0.717, 1.165) is 11.1 Å². The van der Waals surface area contributed by atoms with Crippen LogP contribution in [0.2, 0.25) is 0 Å². The number of ether oxygens (including phenoxy) is 2. The first kappa shape index (κ1) is 18.5. The molecule has 0 spiro atoms. The summed E-state index contributed by atoms with van der Waals surface area (Å²) in [4.78, 5) is 26.2. The molecule has 32 heavy (non-hydrogen) atoms. The van der Waals surface area contributed by atoms with E-state index in [1.807, 2.05) is 66.7 Å². The summed E-state index contributed by atoms with van der Waals surface area (Å²) >= 11 is 0. The first-order chi connectivity index (χ1) is 15.7. The highest BCUT2D eigenvalue weighted by Crippen LogP contribution is 2.45. The van der Waals surface area contributed by atoms with Crippen molar-refractivity contribution in [3.8, 4) is 5.69 Å². The maximum atomic E-state index is 13.1. The first-order valence-electron chi connectivity index (χ1n) is 10.4. The van der Waals surface area contributed by atoms with Gasteiger partial charge in [0.2, 0.25) is 0 Å². The highest BCUT2D eigenvalue weighted by Gasteiger charge is 2.48. The molecule has 2 aliphatic rings. The molecule has 4 aromatic rings. The normalized spacial score (nSPS) is 16.1. The quantitative estimate of drug-likeness (QED) is 0.506. The maximum absolute atomic E-state index is 13.1. The Hall–Kier alpha value is -4.26. The fourth-order valence-electron chi connectivity index (χ4n) is 4.34. The fraction of sp³-hybridized carbons (Fsp3) is 0.120. The largest absolute Gasteiger partial charge is 0.443 e. The van der Waals surface area contributed by atoms with Crippen LogP contribution in [0.1, 0.15) is 11.1 Å². The summed E-state index contributed by atoms with van der Waals surface area (Å²) in [7, 11) is 0. The van der Waals surface area contributed by atoms with Crippen LogP contribution in [-0.2, 0) is 28.4 Å². The third-order valence-electron chi connectivity index (χ3n) is 5.87. The van der Waals surface area contributed by atoms with Crippen LogP contribution in [0.4, 0.5) is 0 Å². The van der Waals surface area contributed by atoms with Crippen molar-refractivity contribution >= 4 is 0 Å². The summed E-state index contributed by atoms with van der Waals surface area (Å²) < 4.78 is 16.9. The van der Waals surface area contributed by atoms with Crippen molar-refractivity contribution in [3.05, 3.63) is 135 Å². The molecule has 2 aliphatic heterocycles. The highest BCUT2D eigenvalue weighted by molar-refractivity contribution is 5.37. The van der Waals surface area contributed by atoms with Crippen LogP contribution in [0, 0.1) is 0 Å². The second-order valence-electron chi connectivity index (χ2n) is 7.75. The van der Waals surface area contributed by atoms with Gasteiger partial charge in [-0.1, -0.05) is 78.9 Å². The average Bonchev–Trinajstić information content (AvgIpc) is 3.35. The number of para-hydroxylation sites is 1.